The predicted octanol–water partition coefficient (Wildman–Crippen LogP) is 2.12. The van der Waals surface area contributed by atoms with Crippen molar-refractivity contribution < 1.29 is 14.6 Å². The lowest BCUT2D eigenvalue weighted by atomic mass is 9.86. The lowest BCUT2D eigenvalue weighted by Crippen LogP contribution is -2.24. The van der Waals surface area contributed by atoms with Gasteiger partial charge in [-0.3, -0.25) is 4.79 Å². The van der Waals surface area contributed by atoms with Crippen LogP contribution in [0.15, 0.2) is 18.2 Å². The average Bonchev–Trinajstić information content (AvgIpc) is 2.96. The van der Waals surface area contributed by atoms with Crippen molar-refractivity contribution in [2.75, 3.05) is 6.61 Å². The summed E-state index contributed by atoms with van der Waals surface area (Å²) in [6.45, 7) is 2.65. The van der Waals surface area contributed by atoms with E-state index in [0.29, 0.717) is 6.61 Å². The van der Waals surface area contributed by atoms with E-state index in [0.717, 1.165) is 29.7 Å². The van der Waals surface area contributed by atoms with Gasteiger partial charge in [-0.1, -0.05) is 18.2 Å². The summed E-state index contributed by atoms with van der Waals surface area (Å²) in [5.41, 5.74) is 2.07. The van der Waals surface area contributed by atoms with Gasteiger partial charge in [-0.2, -0.15) is 0 Å². The number of aryl methyl sites for hydroxylation is 1. The van der Waals surface area contributed by atoms with Crippen LogP contribution in [0.3, 0.4) is 0 Å². The highest BCUT2D eigenvalue weighted by molar-refractivity contribution is 5.78. The number of para-hydroxylation sites is 1. The molecule has 1 N–H and O–H groups in total. The third-order valence-corrected chi connectivity index (χ3v) is 3.92. The Morgan fingerprint density at radius 2 is 2.38 bits per heavy atom. The summed E-state index contributed by atoms with van der Waals surface area (Å²) in [6.07, 6.45) is 1.60. The van der Waals surface area contributed by atoms with Crippen LogP contribution in [0.4, 0.5) is 0 Å². The van der Waals surface area contributed by atoms with E-state index in [4.69, 9.17) is 9.84 Å². The molecule has 84 valence electrons. The molecule has 1 saturated carbocycles. The van der Waals surface area contributed by atoms with Gasteiger partial charge in [0, 0.05) is 11.0 Å². The van der Waals surface area contributed by atoms with Crippen LogP contribution in [-0.4, -0.2) is 17.7 Å². The number of carboxylic acid groups (broad SMARTS) is 1. The van der Waals surface area contributed by atoms with Gasteiger partial charge in [0.1, 0.15) is 5.75 Å². The Kier molecular flexibility index (Phi) is 1.82. The molecule has 0 saturated heterocycles. The van der Waals surface area contributed by atoms with E-state index >= 15 is 0 Å². The van der Waals surface area contributed by atoms with Crippen molar-refractivity contribution in [1.29, 1.82) is 0 Å². The van der Waals surface area contributed by atoms with E-state index < -0.39 is 5.97 Å². The summed E-state index contributed by atoms with van der Waals surface area (Å²) in [5, 5.41) is 9.12. The number of hydrogen-bond acceptors (Lipinski definition) is 2. The van der Waals surface area contributed by atoms with Gasteiger partial charge in [-0.05, 0) is 25.3 Å². The minimum absolute atomic E-state index is 0.133. The molecular weight excluding hydrogens is 204 g/mol. The third kappa shape index (κ3) is 1.11. The maximum absolute atomic E-state index is 11.1. The molecule has 16 heavy (non-hydrogen) atoms. The molecule has 1 fully saturated rings. The highest BCUT2D eigenvalue weighted by atomic mass is 16.5. The maximum Gasteiger partial charge on any atom is 0.307 e. The van der Waals surface area contributed by atoms with Gasteiger partial charge in [0.15, 0.2) is 0 Å². The van der Waals surface area contributed by atoms with Crippen molar-refractivity contribution >= 4 is 5.97 Å². The molecule has 2 unspecified atom stereocenters. The summed E-state index contributed by atoms with van der Waals surface area (Å²) in [4.78, 5) is 11.1. The van der Waals surface area contributed by atoms with Gasteiger partial charge >= 0.3 is 5.97 Å². The van der Waals surface area contributed by atoms with Crippen LogP contribution in [0.2, 0.25) is 0 Å². The largest absolute Gasteiger partial charge is 0.493 e. The number of ether oxygens (including phenoxy) is 1. The number of benzene rings is 1. The number of rotatable bonds is 1. The first-order valence-electron chi connectivity index (χ1n) is 5.61. The van der Waals surface area contributed by atoms with Crippen LogP contribution >= 0.6 is 0 Å². The highest BCUT2D eigenvalue weighted by Crippen LogP contribution is 2.61. The monoisotopic (exact) mass is 218 g/mol. The molecule has 1 aromatic rings. The van der Waals surface area contributed by atoms with E-state index in [1.807, 2.05) is 25.1 Å². The summed E-state index contributed by atoms with van der Waals surface area (Å²) < 4.78 is 5.66. The first-order valence-corrected chi connectivity index (χ1v) is 5.61. The zero-order valence-corrected chi connectivity index (χ0v) is 9.19. The topological polar surface area (TPSA) is 46.5 Å². The molecule has 0 bridgehead atoms. The molecule has 3 rings (SSSR count). The van der Waals surface area contributed by atoms with Crippen LogP contribution in [0.1, 0.15) is 24.0 Å². The van der Waals surface area contributed by atoms with E-state index in [1.165, 1.54) is 0 Å². The lowest BCUT2D eigenvalue weighted by molar-refractivity contribution is -0.139. The van der Waals surface area contributed by atoms with Gasteiger partial charge in [-0.25, -0.2) is 0 Å². The van der Waals surface area contributed by atoms with Crippen molar-refractivity contribution in [3.05, 3.63) is 29.3 Å². The molecule has 1 aromatic carbocycles. The third-order valence-electron chi connectivity index (χ3n) is 3.92. The van der Waals surface area contributed by atoms with Crippen molar-refractivity contribution in [1.82, 2.24) is 0 Å². The maximum atomic E-state index is 11.1. The van der Waals surface area contributed by atoms with Crippen LogP contribution < -0.4 is 4.74 Å². The van der Waals surface area contributed by atoms with Gasteiger partial charge < -0.3 is 9.84 Å². The molecule has 1 aliphatic heterocycles. The van der Waals surface area contributed by atoms with Crippen molar-refractivity contribution in [3.8, 4) is 5.75 Å². The lowest BCUT2D eigenvalue weighted by Gasteiger charge is -2.27. The molecule has 3 nitrogen and oxygen atoms in total. The van der Waals surface area contributed by atoms with Crippen LogP contribution in [0.5, 0.6) is 5.75 Å². The zero-order valence-electron chi connectivity index (χ0n) is 9.19. The molecule has 0 amide bonds. The standard InChI is InChI=1S/C13H14O3/c1-8-3-2-4-9-11(8)16-6-5-13(9)7-10(13)12(14)15/h2-4,10H,5-7H2,1H3,(H,14,15). The first kappa shape index (κ1) is 9.70. The van der Waals surface area contributed by atoms with Gasteiger partial charge in [-0.15, -0.1) is 0 Å². The first-order chi connectivity index (χ1) is 7.65. The fraction of sp³-hybridized carbons (Fsp3) is 0.462. The number of aliphatic carboxylic acids is 1. The SMILES string of the molecule is Cc1cccc2c1OCCC21CC1C(=O)O. The zero-order chi connectivity index (χ0) is 11.3. The number of carbonyl (C=O) groups is 1. The Morgan fingerprint density at radius 1 is 1.56 bits per heavy atom. The van der Waals surface area contributed by atoms with Gasteiger partial charge in [0.05, 0.1) is 12.5 Å². The molecule has 2 aliphatic rings. The fourth-order valence-corrected chi connectivity index (χ4v) is 2.91. The predicted molar refractivity (Wildman–Crippen MR) is 58.7 cm³/mol. The summed E-state index contributed by atoms with van der Waals surface area (Å²) in [6, 6.07) is 6.02. The summed E-state index contributed by atoms with van der Waals surface area (Å²) in [5.74, 6) is 0.0313. The second-order valence-corrected chi connectivity index (χ2v) is 4.80. The molecular formula is C13H14O3. The van der Waals surface area contributed by atoms with Gasteiger partial charge in [0.2, 0.25) is 0 Å². The Morgan fingerprint density at radius 3 is 3.06 bits per heavy atom. The fourth-order valence-electron chi connectivity index (χ4n) is 2.91. The quantitative estimate of drug-likeness (QED) is 0.785. The van der Waals surface area contributed by atoms with E-state index in [1.54, 1.807) is 0 Å². The number of carboxylic acids is 1. The number of fused-ring (bicyclic) bond motifs is 2. The Labute approximate surface area is 94.0 Å². The summed E-state index contributed by atoms with van der Waals surface area (Å²) in [7, 11) is 0. The molecule has 2 atom stereocenters. The van der Waals surface area contributed by atoms with Crippen molar-refractivity contribution in [2.45, 2.75) is 25.2 Å². The highest BCUT2D eigenvalue weighted by Gasteiger charge is 2.61. The van der Waals surface area contributed by atoms with Gasteiger partial charge in [0.25, 0.3) is 0 Å². The molecule has 3 heteroatoms. The average molecular weight is 218 g/mol. The Hall–Kier alpha value is -1.51. The molecule has 1 aliphatic carbocycles. The molecule has 1 spiro atoms. The van der Waals surface area contributed by atoms with E-state index in [2.05, 4.69) is 0 Å². The van der Waals surface area contributed by atoms with E-state index in [9.17, 15) is 4.79 Å². The van der Waals surface area contributed by atoms with Crippen LogP contribution in [0.25, 0.3) is 0 Å². The van der Waals surface area contributed by atoms with Crippen molar-refractivity contribution in [3.63, 3.8) is 0 Å². The molecule has 0 aromatic heterocycles. The Bertz CT molecular complexity index is 466. The summed E-state index contributed by atoms with van der Waals surface area (Å²) >= 11 is 0. The van der Waals surface area contributed by atoms with Crippen molar-refractivity contribution in [2.24, 2.45) is 5.92 Å². The minimum Gasteiger partial charge on any atom is -0.493 e. The molecule has 0 radical (unpaired) electrons. The smallest absolute Gasteiger partial charge is 0.307 e. The van der Waals surface area contributed by atoms with Crippen LogP contribution in [-0.2, 0) is 10.2 Å². The van der Waals surface area contributed by atoms with Crippen LogP contribution in [0, 0.1) is 12.8 Å². The second-order valence-electron chi connectivity index (χ2n) is 4.80. The number of hydrogen-bond donors (Lipinski definition) is 1. The minimum atomic E-state index is -0.672. The second kappa shape index (κ2) is 3.00. The van der Waals surface area contributed by atoms with E-state index in [-0.39, 0.29) is 11.3 Å². The normalized spacial score (nSPS) is 30.7. The Balaban J connectivity index is 2.09. The molecule has 1 heterocycles.